The zero-order chi connectivity index (χ0) is 19.3. The van der Waals surface area contributed by atoms with Crippen LogP contribution in [0.1, 0.15) is 16.8 Å². The summed E-state index contributed by atoms with van der Waals surface area (Å²) in [5, 5.41) is 1.94. The number of hydrogen-bond acceptors (Lipinski definition) is 3. The van der Waals surface area contributed by atoms with E-state index in [0.717, 1.165) is 44.0 Å². The standard InChI is InChI=1S/C22H19BrN4O/c23-13-5-6-19-16(9-13)18(11-25-19)21-10-17(15-3-1-2-4-20(15)26-21)22(28)27-8-7-14(24)12-27/h1-6,9-11,14,25H,7-8,12,24H2. The third kappa shape index (κ3) is 2.89. The van der Waals surface area contributed by atoms with E-state index in [2.05, 4.69) is 27.0 Å². The lowest BCUT2D eigenvalue weighted by Crippen LogP contribution is -2.32. The number of carbonyl (C=O) groups is 1. The minimum absolute atomic E-state index is 0.0221. The third-order valence-electron chi connectivity index (χ3n) is 5.38. The second-order valence-corrected chi connectivity index (χ2v) is 8.18. The maximum atomic E-state index is 13.3. The summed E-state index contributed by atoms with van der Waals surface area (Å²) in [6.07, 6.45) is 2.80. The molecule has 0 radical (unpaired) electrons. The zero-order valence-electron chi connectivity index (χ0n) is 15.2. The van der Waals surface area contributed by atoms with Gasteiger partial charge in [0.1, 0.15) is 0 Å². The summed E-state index contributed by atoms with van der Waals surface area (Å²) in [5.74, 6) is 0.0221. The van der Waals surface area contributed by atoms with Crippen molar-refractivity contribution in [2.45, 2.75) is 12.5 Å². The Morgan fingerprint density at radius 2 is 2.04 bits per heavy atom. The molecule has 1 unspecified atom stereocenters. The van der Waals surface area contributed by atoms with Crippen LogP contribution in [0.4, 0.5) is 0 Å². The van der Waals surface area contributed by atoms with E-state index in [1.165, 1.54) is 0 Å². The van der Waals surface area contributed by atoms with Gasteiger partial charge in [0.25, 0.3) is 5.91 Å². The fourth-order valence-electron chi connectivity index (χ4n) is 3.94. The Bertz CT molecular complexity index is 1220. The highest BCUT2D eigenvalue weighted by Gasteiger charge is 2.26. The molecule has 1 atom stereocenters. The maximum absolute atomic E-state index is 13.3. The number of pyridine rings is 1. The summed E-state index contributed by atoms with van der Waals surface area (Å²) in [7, 11) is 0. The molecule has 5 rings (SSSR count). The number of aromatic amines is 1. The molecule has 5 nitrogen and oxygen atoms in total. The van der Waals surface area contributed by atoms with Crippen molar-refractivity contribution in [3.63, 3.8) is 0 Å². The van der Waals surface area contributed by atoms with Crippen LogP contribution in [0.25, 0.3) is 33.1 Å². The summed E-state index contributed by atoms with van der Waals surface area (Å²) in [4.78, 5) is 23.3. The molecule has 28 heavy (non-hydrogen) atoms. The van der Waals surface area contributed by atoms with E-state index in [4.69, 9.17) is 10.7 Å². The molecule has 1 aliphatic heterocycles. The molecule has 6 heteroatoms. The summed E-state index contributed by atoms with van der Waals surface area (Å²) in [6, 6.07) is 15.9. The highest BCUT2D eigenvalue weighted by Crippen LogP contribution is 2.32. The second-order valence-electron chi connectivity index (χ2n) is 7.26. The van der Waals surface area contributed by atoms with Crippen molar-refractivity contribution >= 4 is 43.6 Å². The minimum atomic E-state index is 0.0221. The van der Waals surface area contributed by atoms with E-state index in [0.29, 0.717) is 18.7 Å². The van der Waals surface area contributed by atoms with E-state index in [-0.39, 0.29) is 11.9 Å². The molecule has 140 valence electrons. The molecule has 3 N–H and O–H groups in total. The average molecular weight is 435 g/mol. The van der Waals surface area contributed by atoms with Crippen molar-refractivity contribution in [3.05, 3.63) is 64.8 Å². The van der Waals surface area contributed by atoms with Gasteiger partial charge in [-0.25, -0.2) is 4.98 Å². The number of nitrogens with two attached hydrogens (primary N) is 1. The number of nitrogens with one attached hydrogen (secondary N) is 1. The number of likely N-dealkylation sites (tertiary alicyclic amines) is 1. The Kier molecular flexibility index (Phi) is 4.18. The van der Waals surface area contributed by atoms with Crippen LogP contribution in [-0.4, -0.2) is 39.9 Å². The van der Waals surface area contributed by atoms with E-state index < -0.39 is 0 Å². The fourth-order valence-corrected chi connectivity index (χ4v) is 4.30. The van der Waals surface area contributed by atoms with Crippen LogP contribution in [0.15, 0.2) is 59.2 Å². The Hall–Kier alpha value is -2.70. The first-order chi connectivity index (χ1) is 13.6. The number of para-hydroxylation sites is 1. The van der Waals surface area contributed by atoms with Gasteiger partial charge in [-0.15, -0.1) is 0 Å². The first-order valence-electron chi connectivity index (χ1n) is 9.32. The smallest absolute Gasteiger partial charge is 0.254 e. The van der Waals surface area contributed by atoms with Crippen LogP contribution in [0.3, 0.4) is 0 Å². The molecule has 1 fully saturated rings. The van der Waals surface area contributed by atoms with E-state index in [1.807, 2.05) is 53.6 Å². The van der Waals surface area contributed by atoms with E-state index >= 15 is 0 Å². The normalized spacial score (nSPS) is 16.9. The van der Waals surface area contributed by atoms with Gasteiger partial charge in [-0.05, 0) is 36.8 Å². The molecule has 3 heterocycles. The zero-order valence-corrected chi connectivity index (χ0v) is 16.7. The van der Waals surface area contributed by atoms with Gasteiger partial charge < -0.3 is 15.6 Å². The number of carbonyl (C=O) groups excluding carboxylic acids is 1. The lowest BCUT2D eigenvalue weighted by Gasteiger charge is -2.17. The fraction of sp³-hybridized carbons (Fsp3) is 0.182. The lowest BCUT2D eigenvalue weighted by molar-refractivity contribution is 0.0793. The van der Waals surface area contributed by atoms with Crippen LogP contribution in [0.2, 0.25) is 0 Å². The number of halogens is 1. The van der Waals surface area contributed by atoms with Gasteiger partial charge in [-0.3, -0.25) is 4.79 Å². The van der Waals surface area contributed by atoms with Gasteiger partial charge >= 0.3 is 0 Å². The Morgan fingerprint density at radius 3 is 2.86 bits per heavy atom. The number of nitrogens with zero attached hydrogens (tertiary/aromatic N) is 2. The van der Waals surface area contributed by atoms with E-state index in [9.17, 15) is 4.79 Å². The lowest BCUT2D eigenvalue weighted by atomic mass is 10.0. The number of hydrogen-bond donors (Lipinski definition) is 2. The van der Waals surface area contributed by atoms with Crippen molar-refractivity contribution in [1.82, 2.24) is 14.9 Å². The molecular formula is C22H19BrN4O. The van der Waals surface area contributed by atoms with Gasteiger partial charge in [0.2, 0.25) is 0 Å². The molecule has 0 bridgehead atoms. The molecule has 1 amide bonds. The monoisotopic (exact) mass is 434 g/mol. The number of rotatable bonds is 2. The molecule has 1 saturated heterocycles. The molecule has 4 aromatic rings. The number of benzene rings is 2. The average Bonchev–Trinajstić information content (AvgIpc) is 3.32. The minimum Gasteiger partial charge on any atom is -0.360 e. The van der Waals surface area contributed by atoms with Crippen molar-refractivity contribution < 1.29 is 4.79 Å². The van der Waals surface area contributed by atoms with Crippen molar-refractivity contribution in [2.24, 2.45) is 5.73 Å². The first-order valence-corrected chi connectivity index (χ1v) is 10.1. The summed E-state index contributed by atoms with van der Waals surface area (Å²) < 4.78 is 1.00. The van der Waals surface area contributed by atoms with Crippen LogP contribution < -0.4 is 5.73 Å². The molecule has 2 aromatic heterocycles. The number of aromatic nitrogens is 2. The number of H-pyrrole nitrogens is 1. The highest BCUT2D eigenvalue weighted by atomic mass is 79.9. The van der Waals surface area contributed by atoms with Crippen molar-refractivity contribution in [1.29, 1.82) is 0 Å². The van der Waals surface area contributed by atoms with Gasteiger partial charge in [0, 0.05) is 51.7 Å². The number of fused-ring (bicyclic) bond motifs is 2. The van der Waals surface area contributed by atoms with E-state index in [1.54, 1.807) is 0 Å². The van der Waals surface area contributed by atoms with Gasteiger partial charge in [0.05, 0.1) is 16.8 Å². The van der Waals surface area contributed by atoms with Gasteiger partial charge in [-0.2, -0.15) is 0 Å². The largest absolute Gasteiger partial charge is 0.360 e. The molecule has 2 aromatic carbocycles. The van der Waals surface area contributed by atoms with Crippen molar-refractivity contribution in [3.8, 4) is 11.3 Å². The number of amides is 1. The maximum Gasteiger partial charge on any atom is 0.254 e. The van der Waals surface area contributed by atoms with Crippen LogP contribution in [-0.2, 0) is 0 Å². The highest BCUT2D eigenvalue weighted by molar-refractivity contribution is 9.10. The molecule has 1 aliphatic rings. The van der Waals surface area contributed by atoms with Gasteiger partial charge in [-0.1, -0.05) is 34.1 Å². The van der Waals surface area contributed by atoms with Gasteiger partial charge in [0.15, 0.2) is 0 Å². The molecule has 0 aliphatic carbocycles. The topological polar surface area (TPSA) is 75.0 Å². The Morgan fingerprint density at radius 1 is 1.18 bits per heavy atom. The van der Waals surface area contributed by atoms with Crippen LogP contribution in [0, 0.1) is 0 Å². The van der Waals surface area contributed by atoms with Crippen LogP contribution in [0.5, 0.6) is 0 Å². The molecule has 0 saturated carbocycles. The second kappa shape index (κ2) is 6.72. The summed E-state index contributed by atoms with van der Waals surface area (Å²) >= 11 is 3.54. The Labute approximate surface area is 170 Å². The quantitative estimate of drug-likeness (QED) is 0.493. The Balaban J connectivity index is 1.70. The molecular weight excluding hydrogens is 416 g/mol. The predicted molar refractivity (Wildman–Crippen MR) is 115 cm³/mol. The SMILES string of the molecule is NC1CCN(C(=O)c2cc(-c3c[nH]c4ccc(Br)cc34)nc3ccccc23)C1. The molecule has 0 spiro atoms. The summed E-state index contributed by atoms with van der Waals surface area (Å²) in [5.41, 5.74) is 10.3. The summed E-state index contributed by atoms with van der Waals surface area (Å²) in [6.45, 7) is 1.30. The predicted octanol–water partition coefficient (Wildman–Crippen LogP) is 4.32. The van der Waals surface area contributed by atoms with Crippen LogP contribution >= 0.6 is 15.9 Å². The third-order valence-corrected chi connectivity index (χ3v) is 5.87. The van der Waals surface area contributed by atoms with Crippen molar-refractivity contribution in [2.75, 3.05) is 13.1 Å². The first kappa shape index (κ1) is 17.4.